The summed E-state index contributed by atoms with van der Waals surface area (Å²) >= 11 is 0. The van der Waals surface area contributed by atoms with Crippen LogP contribution in [-0.4, -0.2) is 56.4 Å². The maximum absolute atomic E-state index is 12.0. The first kappa shape index (κ1) is 18.7. The topological polar surface area (TPSA) is 66.5 Å². The van der Waals surface area contributed by atoms with Crippen LogP contribution in [0.1, 0.15) is 39.0 Å². The van der Waals surface area contributed by atoms with E-state index in [1.165, 1.54) is 12.8 Å². The standard InChI is InChI=1S/C14H26N2O3S.ClH/c1-2-9-20(18,19)11-14(17)16-7-5-13(6-8-16)15-10-12-3-4-12;/h12-13,15H,2-11H2,1H3;1H. The van der Waals surface area contributed by atoms with Crippen molar-refractivity contribution in [3.63, 3.8) is 0 Å². The molecule has 1 aliphatic carbocycles. The molecule has 1 N–H and O–H groups in total. The summed E-state index contributed by atoms with van der Waals surface area (Å²) in [5, 5.41) is 3.56. The second kappa shape index (κ2) is 8.34. The molecular formula is C14H27ClN2O3S. The lowest BCUT2D eigenvalue weighted by atomic mass is 10.0. The number of nitrogens with zero attached hydrogens (tertiary/aromatic N) is 1. The average molecular weight is 339 g/mol. The summed E-state index contributed by atoms with van der Waals surface area (Å²) < 4.78 is 23.3. The van der Waals surface area contributed by atoms with Crippen molar-refractivity contribution in [2.24, 2.45) is 5.92 Å². The van der Waals surface area contributed by atoms with Crippen molar-refractivity contribution in [2.75, 3.05) is 31.1 Å². The highest BCUT2D eigenvalue weighted by Gasteiger charge is 2.27. The predicted molar refractivity (Wildman–Crippen MR) is 86.5 cm³/mol. The number of piperidine rings is 1. The van der Waals surface area contributed by atoms with E-state index in [-0.39, 0.29) is 29.8 Å². The van der Waals surface area contributed by atoms with Crippen molar-refractivity contribution < 1.29 is 13.2 Å². The van der Waals surface area contributed by atoms with Crippen LogP contribution >= 0.6 is 12.4 Å². The molecule has 0 radical (unpaired) electrons. The summed E-state index contributed by atoms with van der Waals surface area (Å²) in [4.78, 5) is 13.7. The van der Waals surface area contributed by atoms with Gasteiger partial charge in [-0.2, -0.15) is 0 Å². The van der Waals surface area contributed by atoms with Crippen LogP contribution in [0, 0.1) is 5.92 Å². The van der Waals surface area contributed by atoms with E-state index in [0.29, 0.717) is 25.6 Å². The molecule has 7 heteroatoms. The van der Waals surface area contributed by atoms with Gasteiger partial charge in [0, 0.05) is 19.1 Å². The molecule has 5 nitrogen and oxygen atoms in total. The van der Waals surface area contributed by atoms with E-state index in [9.17, 15) is 13.2 Å². The number of carbonyl (C=O) groups excluding carboxylic acids is 1. The highest BCUT2D eigenvalue weighted by atomic mass is 35.5. The molecule has 0 bridgehead atoms. The molecule has 0 aromatic rings. The van der Waals surface area contributed by atoms with Gasteiger partial charge in [0.1, 0.15) is 5.75 Å². The maximum Gasteiger partial charge on any atom is 0.237 e. The molecule has 0 unspecified atom stereocenters. The van der Waals surface area contributed by atoms with E-state index in [4.69, 9.17) is 0 Å². The van der Waals surface area contributed by atoms with Crippen LogP contribution in [0.3, 0.4) is 0 Å². The number of rotatable bonds is 7. The number of halogens is 1. The monoisotopic (exact) mass is 338 g/mol. The second-order valence-corrected chi connectivity index (χ2v) is 8.28. The average Bonchev–Trinajstić information content (AvgIpc) is 3.20. The van der Waals surface area contributed by atoms with E-state index < -0.39 is 9.84 Å². The summed E-state index contributed by atoms with van der Waals surface area (Å²) in [7, 11) is -3.21. The Kier molecular flexibility index (Phi) is 7.44. The highest BCUT2D eigenvalue weighted by Crippen LogP contribution is 2.28. The molecule has 0 atom stereocenters. The first-order valence-corrected chi connectivity index (χ1v) is 9.54. The van der Waals surface area contributed by atoms with Crippen molar-refractivity contribution >= 4 is 28.2 Å². The number of nitrogens with one attached hydrogen (secondary N) is 1. The van der Waals surface area contributed by atoms with Gasteiger partial charge in [-0.05, 0) is 44.6 Å². The fourth-order valence-corrected chi connectivity index (χ4v) is 3.98. The zero-order valence-corrected chi connectivity index (χ0v) is 14.3. The number of amides is 1. The molecule has 2 aliphatic rings. The molecule has 21 heavy (non-hydrogen) atoms. The van der Waals surface area contributed by atoms with Gasteiger partial charge in [-0.25, -0.2) is 8.42 Å². The maximum atomic E-state index is 12.0. The number of carbonyl (C=O) groups is 1. The first-order valence-electron chi connectivity index (χ1n) is 7.72. The van der Waals surface area contributed by atoms with E-state index in [1.807, 2.05) is 6.92 Å². The highest BCUT2D eigenvalue weighted by molar-refractivity contribution is 7.92. The molecule has 2 fully saturated rings. The predicted octanol–water partition coefficient (Wildman–Crippen LogP) is 1.22. The molecule has 124 valence electrons. The molecular weight excluding hydrogens is 312 g/mol. The fourth-order valence-electron chi connectivity index (χ4n) is 2.65. The number of hydrogen-bond donors (Lipinski definition) is 1. The largest absolute Gasteiger partial charge is 0.342 e. The number of hydrogen-bond acceptors (Lipinski definition) is 4. The molecule has 1 saturated carbocycles. The van der Waals surface area contributed by atoms with Gasteiger partial charge in [0.2, 0.25) is 5.91 Å². The van der Waals surface area contributed by atoms with Crippen molar-refractivity contribution in [1.82, 2.24) is 10.2 Å². The van der Waals surface area contributed by atoms with Gasteiger partial charge < -0.3 is 10.2 Å². The Bertz CT molecular complexity index is 430. The van der Waals surface area contributed by atoms with E-state index >= 15 is 0 Å². The molecule has 1 aliphatic heterocycles. The molecule has 1 heterocycles. The van der Waals surface area contributed by atoms with Crippen LogP contribution < -0.4 is 5.32 Å². The summed E-state index contributed by atoms with van der Waals surface area (Å²) in [5.41, 5.74) is 0. The fraction of sp³-hybridized carbons (Fsp3) is 0.929. The Balaban J connectivity index is 0.00000220. The smallest absolute Gasteiger partial charge is 0.237 e. The van der Waals surface area contributed by atoms with Gasteiger partial charge in [0.25, 0.3) is 0 Å². The first-order chi connectivity index (χ1) is 9.50. The molecule has 0 aromatic carbocycles. The van der Waals surface area contributed by atoms with E-state index in [1.54, 1.807) is 4.90 Å². The third-order valence-corrected chi connectivity index (χ3v) is 5.82. The van der Waals surface area contributed by atoms with Gasteiger partial charge >= 0.3 is 0 Å². The minimum Gasteiger partial charge on any atom is -0.342 e. The minimum atomic E-state index is -3.21. The van der Waals surface area contributed by atoms with Crippen LogP contribution in [-0.2, 0) is 14.6 Å². The normalized spacial score (nSPS) is 20.1. The number of likely N-dealkylation sites (tertiary alicyclic amines) is 1. The summed E-state index contributed by atoms with van der Waals surface area (Å²) in [6.07, 6.45) is 5.14. The van der Waals surface area contributed by atoms with Crippen LogP contribution in [0.5, 0.6) is 0 Å². The van der Waals surface area contributed by atoms with Gasteiger partial charge in [-0.15, -0.1) is 12.4 Å². The van der Waals surface area contributed by atoms with Crippen molar-refractivity contribution in [3.8, 4) is 0 Å². The second-order valence-electron chi connectivity index (χ2n) is 6.10. The lowest BCUT2D eigenvalue weighted by molar-refractivity contribution is -0.129. The zero-order valence-electron chi connectivity index (χ0n) is 12.7. The zero-order chi connectivity index (χ0) is 14.6. The lowest BCUT2D eigenvalue weighted by Crippen LogP contribution is -2.47. The van der Waals surface area contributed by atoms with Crippen LogP contribution in [0.4, 0.5) is 0 Å². The van der Waals surface area contributed by atoms with Crippen molar-refractivity contribution in [3.05, 3.63) is 0 Å². The van der Waals surface area contributed by atoms with E-state index in [0.717, 1.165) is 25.3 Å². The molecule has 2 rings (SSSR count). The summed E-state index contributed by atoms with van der Waals surface area (Å²) in [6.45, 7) is 4.29. The Morgan fingerprint density at radius 2 is 1.81 bits per heavy atom. The molecule has 1 saturated heterocycles. The van der Waals surface area contributed by atoms with Crippen molar-refractivity contribution in [1.29, 1.82) is 0 Å². The summed E-state index contributed by atoms with van der Waals surface area (Å²) in [6, 6.07) is 0.492. The number of sulfone groups is 1. The quantitative estimate of drug-likeness (QED) is 0.758. The van der Waals surface area contributed by atoms with E-state index in [2.05, 4.69) is 5.32 Å². The Hall–Kier alpha value is -0.330. The van der Waals surface area contributed by atoms with Gasteiger partial charge in [0.15, 0.2) is 9.84 Å². The van der Waals surface area contributed by atoms with Crippen molar-refractivity contribution in [2.45, 2.75) is 45.1 Å². The third-order valence-electron chi connectivity index (χ3n) is 4.10. The Morgan fingerprint density at radius 3 is 2.33 bits per heavy atom. The third kappa shape index (κ3) is 6.53. The van der Waals surface area contributed by atoms with Gasteiger partial charge in [-0.3, -0.25) is 4.79 Å². The van der Waals surface area contributed by atoms with Crippen LogP contribution in [0.2, 0.25) is 0 Å². The lowest BCUT2D eigenvalue weighted by Gasteiger charge is -2.32. The SMILES string of the molecule is CCCS(=O)(=O)CC(=O)N1CCC(NCC2CC2)CC1.Cl. The molecule has 1 amide bonds. The van der Waals surface area contributed by atoms with Crippen LogP contribution in [0.15, 0.2) is 0 Å². The molecule has 0 spiro atoms. The van der Waals surface area contributed by atoms with Crippen LogP contribution in [0.25, 0.3) is 0 Å². The Labute approximate surface area is 134 Å². The van der Waals surface area contributed by atoms with Gasteiger partial charge in [-0.1, -0.05) is 6.92 Å². The summed E-state index contributed by atoms with van der Waals surface area (Å²) in [5.74, 6) is 0.437. The minimum absolute atomic E-state index is 0. The van der Waals surface area contributed by atoms with Gasteiger partial charge in [0.05, 0.1) is 5.75 Å². The molecule has 0 aromatic heterocycles. The Morgan fingerprint density at radius 1 is 1.19 bits per heavy atom.